The molecule has 0 N–H and O–H groups in total. The Hall–Kier alpha value is -2.36. The van der Waals surface area contributed by atoms with Gasteiger partial charge in [-0.15, -0.1) is 0 Å². The van der Waals surface area contributed by atoms with E-state index in [0.29, 0.717) is 16.9 Å². The van der Waals surface area contributed by atoms with E-state index in [1.54, 1.807) is 22.8 Å². The van der Waals surface area contributed by atoms with Crippen molar-refractivity contribution in [3.63, 3.8) is 0 Å². The Morgan fingerprint density at radius 3 is 2.50 bits per heavy atom. The zero-order chi connectivity index (χ0) is 12.7. The molecule has 0 saturated carbocycles. The van der Waals surface area contributed by atoms with Crippen molar-refractivity contribution in [1.29, 1.82) is 0 Å². The van der Waals surface area contributed by atoms with E-state index in [2.05, 4.69) is 0 Å². The van der Waals surface area contributed by atoms with Gasteiger partial charge in [-0.05, 0) is 42.5 Å². The smallest absolute Gasteiger partial charge is 0.292 e. The van der Waals surface area contributed by atoms with Gasteiger partial charge in [0.2, 0.25) is 0 Å². The van der Waals surface area contributed by atoms with Crippen molar-refractivity contribution in [1.82, 2.24) is 4.57 Å². The molecule has 0 bridgehead atoms. The molecule has 18 heavy (non-hydrogen) atoms. The van der Waals surface area contributed by atoms with E-state index in [-0.39, 0.29) is 5.82 Å². The molecule has 0 aliphatic rings. The SMILES string of the molecule is Cn1ccc2ccc(-c3ccc(F)cc3)[n+]([O-])c21. The second-order valence-corrected chi connectivity index (χ2v) is 4.23. The number of benzene rings is 1. The minimum Gasteiger partial charge on any atom is -0.710 e. The van der Waals surface area contributed by atoms with Gasteiger partial charge in [0, 0.05) is 5.56 Å². The van der Waals surface area contributed by atoms with Crippen LogP contribution < -0.4 is 4.73 Å². The summed E-state index contributed by atoms with van der Waals surface area (Å²) < 4.78 is 15.5. The van der Waals surface area contributed by atoms with Gasteiger partial charge in [0.1, 0.15) is 11.5 Å². The van der Waals surface area contributed by atoms with Crippen LogP contribution in [0.25, 0.3) is 22.3 Å². The van der Waals surface area contributed by atoms with Gasteiger partial charge >= 0.3 is 0 Å². The minimum atomic E-state index is -0.309. The first kappa shape index (κ1) is 10.8. The normalized spacial score (nSPS) is 11.0. The first-order chi connectivity index (χ1) is 8.66. The highest BCUT2D eigenvalue weighted by atomic mass is 19.1. The van der Waals surface area contributed by atoms with E-state index in [1.165, 1.54) is 12.1 Å². The molecule has 3 rings (SSSR count). The van der Waals surface area contributed by atoms with E-state index in [4.69, 9.17) is 0 Å². The molecular formula is C14H11FN2O. The molecule has 90 valence electrons. The van der Waals surface area contributed by atoms with E-state index in [9.17, 15) is 9.60 Å². The van der Waals surface area contributed by atoms with Crippen LogP contribution in [-0.2, 0) is 7.05 Å². The zero-order valence-electron chi connectivity index (χ0n) is 9.80. The fourth-order valence-electron chi connectivity index (χ4n) is 2.12. The van der Waals surface area contributed by atoms with Crippen molar-refractivity contribution in [2.45, 2.75) is 0 Å². The third-order valence-corrected chi connectivity index (χ3v) is 3.04. The van der Waals surface area contributed by atoms with E-state index < -0.39 is 0 Å². The molecule has 0 amide bonds. The largest absolute Gasteiger partial charge is 0.710 e. The molecule has 0 aliphatic heterocycles. The van der Waals surface area contributed by atoms with E-state index in [0.717, 1.165) is 10.1 Å². The first-order valence-corrected chi connectivity index (χ1v) is 5.60. The molecule has 3 nitrogen and oxygen atoms in total. The molecule has 3 aromatic rings. The summed E-state index contributed by atoms with van der Waals surface area (Å²) in [6.07, 6.45) is 1.84. The molecule has 0 spiro atoms. The summed E-state index contributed by atoms with van der Waals surface area (Å²) in [7, 11) is 1.82. The molecule has 0 unspecified atom stereocenters. The summed E-state index contributed by atoms with van der Waals surface area (Å²) in [5.41, 5.74) is 1.82. The number of hydrogen-bond acceptors (Lipinski definition) is 1. The van der Waals surface area contributed by atoms with Crippen LogP contribution in [-0.4, -0.2) is 4.57 Å². The highest BCUT2D eigenvalue weighted by molar-refractivity contribution is 5.75. The molecule has 2 heterocycles. The highest BCUT2D eigenvalue weighted by Crippen LogP contribution is 2.19. The minimum absolute atomic E-state index is 0.309. The van der Waals surface area contributed by atoms with Crippen LogP contribution in [0.4, 0.5) is 4.39 Å². The summed E-state index contributed by atoms with van der Waals surface area (Å²) in [5.74, 6) is -0.309. The number of rotatable bonds is 1. The molecule has 0 aliphatic carbocycles. The number of fused-ring (bicyclic) bond motifs is 1. The van der Waals surface area contributed by atoms with Gasteiger partial charge in [-0.25, -0.2) is 13.7 Å². The average Bonchev–Trinajstić information content (AvgIpc) is 2.74. The summed E-state index contributed by atoms with van der Waals surface area (Å²) in [4.78, 5) is 0. The molecule has 0 fully saturated rings. The zero-order valence-corrected chi connectivity index (χ0v) is 9.80. The van der Waals surface area contributed by atoms with Crippen molar-refractivity contribution < 1.29 is 9.12 Å². The van der Waals surface area contributed by atoms with Crippen LogP contribution in [0.1, 0.15) is 0 Å². The number of aromatic nitrogens is 2. The molecule has 1 aromatic carbocycles. The number of pyridine rings is 1. The van der Waals surface area contributed by atoms with Crippen LogP contribution in [0.15, 0.2) is 48.7 Å². The van der Waals surface area contributed by atoms with Crippen molar-refractivity contribution in [2.24, 2.45) is 7.05 Å². The maximum atomic E-state index is 12.9. The highest BCUT2D eigenvalue weighted by Gasteiger charge is 2.12. The fourth-order valence-corrected chi connectivity index (χ4v) is 2.12. The van der Waals surface area contributed by atoms with Gasteiger partial charge in [0.25, 0.3) is 5.65 Å². The Kier molecular flexibility index (Phi) is 2.30. The Morgan fingerprint density at radius 2 is 1.78 bits per heavy atom. The van der Waals surface area contributed by atoms with Gasteiger partial charge < -0.3 is 5.21 Å². The Bertz CT molecular complexity index is 716. The molecule has 0 radical (unpaired) electrons. The topological polar surface area (TPSA) is 31.9 Å². The number of halogens is 1. The standard InChI is InChI=1S/C14H11FN2O/c1-16-9-8-11-4-7-13(17(18)14(11)16)10-2-5-12(15)6-3-10/h2-9H,1H3. The van der Waals surface area contributed by atoms with Crippen LogP contribution in [0.3, 0.4) is 0 Å². The van der Waals surface area contributed by atoms with Crippen molar-refractivity contribution in [3.8, 4) is 11.3 Å². The van der Waals surface area contributed by atoms with Crippen molar-refractivity contribution >= 4 is 11.0 Å². The lowest BCUT2D eigenvalue weighted by Crippen LogP contribution is -2.31. The van der Waals surface area contributed by atoms with Crippen LogP contribution >= 0.6 is 0 Å². The molecule has 4 heteroatoms. The second-order valence-electron chi connectivity index (χ2n) is 4.23. The Labute approximate surface area is 103 Å². The molecule has 0 atom stereocenters. The monoisotopic (exact) mass is 242 g/mol. The maximum absolute atomic E-state index is 12.9. The predicted molar refractivity (Wildman–Crippen MR) is 67.3 cm³/mol. The quantitative estimate of drug-likeness (QED) is 0.477. The Morgan fingerprint density at radius 1 is 1.06 bits per heavy atom. The third kappa shape index (κ3) is 1.54. The maximum Gasteiger partial charge on any atom is 0.292 e. The first-order valence-electron chi connectivity index (χ1n) is 5.60. The van der Waals surface area contributed by atoms with Crippen LogP contribution in [0, 0.1) is 11.0 Å². The molecule has 2 aromatic heterocycles. The number of nitrogens with zero attached hydrogens (tertiary/aromatic N) is 2. The molecule has 0 saturated heterocycles. The summed E-state index contributed by atoms with van der Waals surface area (Å²) in [6.45, 7) is 0. The van der Waals surface area contributed by atoms with Crippen molar-refractivity contribution in [3.05, 3.63) is 59.7 Å². The summed E-state index contributed by atoms with van der Waals surface area (Å²) >= 11 is 0. The van der Waals surface area contributed by atoms with Gasteiger partial charge in [0.05, 0.1) is 18.6 Å². The van der Waals surface area contributed by atoms with Crippen LogP contribution in [0.5, 0.6) is 0 Å². The fraction of sp³-hybridized carbons (Fsp3) is 0.0714. The number of aryl methyl sites for hydroxylation is 1. The van der Waals surface area contributed by atoms with Gasteiger partial charge in [-0.1, -0.05) is 0 Å². The summed E-state index contributed by atoms with van der Waals surface area (Å²) in [5, 5.41) is 13.2. The van der Waals surface area contributed by atoms with Gasteiger partial charge in [0.15, 0.2) is 0 Å². The number of hydrogen-bond donors (Lipinski definition) is 0. The summed E-state index contributed by atoms with van der Waals surface area (Å²) in [6, 6.07) is 11.4. The van der Waals surface area contributed by atoms with Gasteiger partial charge in [-0.2, -0.15) is 0 Å². The van der Waals surface area contributed by atoms with E-state index in [1.807, 2.05) is 25.4 Å². The third-order valence-electron chi connectivity index (χ3n) is 3.04. The van der Waals surface area contributed by atoms with Crippen molar-refractivity contribution in [2.75, 3.05) is 0 Å². The van der Waals surface area contributed by atoms with Crippen LogP contribution in [0.2, 0.25) is 0 Å². The molecular weight excluding hydrogens is 231 g/mol. The lowest BCUT2D eigenvalue weighted by Gasteiger charge is -2.11. The Balaban J connectivity index is 2.26. The lowest BCUT2D eigenvalue weighted by atomic mass is 10.1. The van der Waals surface area contributed by atoms with Gasteiger partial charge in [-0.3, -0.25) is 0 Å². The lowest BCUT2D eigenvalue weighted by molar-refractivity contribution is -0.568. The second kappa shape index (κ2) is 3.84. The average molecular weight is 242 g/mol. The predicted octanol–water partition coefficient (Wildman–Crippen LogP) is 2.62. The van der Waals surface area contributed by atoms with E-state index >= 15 is 0 Å².